The first-order valence-corrected chi connectivity index (χ1v) is 3.48. The molecular formula is C8H14. The lowest BCUT2D eigenvalue weighted by molar-refractivity contribution is 0.638. The lowest BCUT2D eigenvalue weighted by Crippen LogP contribution is -1.80. The quantitative estimate of drug-likeness (QED) is 0.422. The van der Waals surface area contributed by atoms with Crippen LogP contribution in [0.4, 0.5) is 0 Å². The molecule has 0 spiro atoms. The molecule has 0 bridgehead atoms. The van der Waals surface area contributed by atoms with E-state index in [9.17, 15) is 0 Å². The molecule has 0 aromatic carbocycles. The van der Waals surface area contributed by atoms with Gasteiger partial charge in [-0.1, -0.05) is 25.0 Å². The maximum absolute atomic E-state index is 7.42. The molecule has 0 aromatic heterocycles. The molecular weight excluding hydrogens is 96.1 g/mol. The molecule has 1 rings (SSSR count). The van der Waals surface area contributed by atoms with E-state index in [0.29, 0.717) is 0 Å². The fraction of sp³-hybridized carbons (Fsp3) is 0.750. The second-order valence-corrected chi connectivity index (χ2v) is 2.30. The van der Waals surface area contributed by atoms with Gasteiger partial charge in [0.1, 0.15) is 0 Å². The molecule has 0 saturated carbocycles. The highest BCUT2D eigenvalue weighted by Gasteiger charge is 1.89. The minimum atomic E-state index is 0.0882. The molecule has 1 aliphatic carbocycles. The third-order valence-corrected chi connectivity index (χ3v) is 1.51. The summed E-state index contributed by atoms with van der Waals surface area (Å²) in [5, 5.41) is 0. The molecule has 0 aromatic rings. The molecule has 0 amide bonds. The highest BCUT2D eigenvalue weighted by molar-refractivity contribution is 4.82. The molecule has 0 fully saturated rings. The Morgan fingerprint density at radius 2 is 1.88 bits per heavy atom. The van der Waals surface area contributed by atoms with Gasteiger partial charge in [0.05, 0.1) is 0 Å². The summed E-state index contributed by atoms with van der Waals surface area (Å²) in [5.41, 5.74) is 0. The average molecular weight is 111 g/mol. The maximum Gasteiger partial charge on any atom is 0.0310 e. The SMILES string of the molecule is [2H]C1/C=C\CCCCC1. The zero-order valence-corrected chi connectivity index (χ0v) is 5.27. The van der Waals surface area contributed by atoms with Gasteiger partial charge in [-0.2, -0.15) is 0 Å². The summed E-state index contributed by atoms with van der Waals surface area (Å²) in [4.78, 5) is 0. The second-order valence-electron chi connectivity index (χ2n) is 2.30. The van der Waals surface area contributed by atoms with Crippen LogP contribution in [0.3, 0.4) is 0 Å². The van der Waals surface area contributed by atoms with Gasteiger partial charge in [-0.3, -0.25) is 0 Å². The van der Waals surface area contributed by atoms with Crippen molar-refractivity contribution in [1.29, 1.82) is 0 Å². The molecule has 0 nitrogen and oxygen atoms in total. The van der Waals surface area contributed by atoms with E-state index in [1.165, 1.54) is 25.7 Å². The van der Waals surface area contributed by atoms with Crippen LogP contribution in [-0.4, -0.2) is 0 Å². The molecule has 0 saturated heterocycles. The number of rotatable bonds is 0. The van der Waals surface area contributed by atoms with Crippen LogP contribution in [0.2, 0.25) is 0 Å². The Hall–Kier alpha value is -0.260. The Labute approximate surface area is 53.0 Å². The minimum absolute atomic E-state index is 0.0882. The maximum atomic E-state index is 7.42. The normalized spacial score (nSPS) is 37.0. The van der Waals surface area contributed by atoms with Gasteiger partial charge in [-0.05, 0) is 25.7 Å². The van der Waals surface area contributed by atoms with Gasteiger partial charge in [-0.15, -0.1) is 0 Å². The Morgan fingerprint density at radius 3 is 2.88 bits per heavy atom. The molecule has 0 heterocycles. The third kappa shape index (κ3) is 2.15. The summed E-state index contributed by atoms with van der Waals surface area (Å²) in [6.45, 7) is 0. The van der Waals surface area contributed by atoms with Gasteiger partial charge in [0, 0.05) is 1.37 Å². The van der Waals surface area contributed by atoms with Gasteiger partial charge >= 0.3 is 0 Å². The highest BCUT2D eigenvalue weighted by atomic mass is 14.0. The van der Waals surface area contributed by atoms with Crippen LogP contribution >= 0.6 is 0 Å². The van der Waals surface area contributed by atoms with Crippen molar-refractivity contribution < 1.29 is 1.37 Å². The van der Waals surface area contributed by atoms with E-state index in [1.807, 2.05) is 6.08 Å². The zero-order chi connectivity index (χ0) is 6.53. The molecule has 0 heteroatoms. The van der Waals surface area contributed by atoms with Crippen molar-refractivity contribution in [3.05, 3.63) is 12.2 Å². The fourth-order valence-corrected chi connectivity index (χ4v) is 0.990. The molecule has 0 radical (unpaired) electrons. The van der Waals surface area contributed by atoms with E-state index in [-0.39, 0.29) is 6.40 Å². The molecule has 46 valence electrons. The van der Waals surface area contributed by atoms with Gasteiger partial charge in [0.2, 0.25) is 0 Å². The molecule has 1 unspecified atom stereocenters. The van der Waals surface area contributed by atoms with Crippen LogP contribution in [0.15, 0.2) is 12.2 Å². The fourth-order valence-electron chi connectivity index (χ4n) is 0.990. The summed E-state index contributed by atoms with van der Waals surface area (Å²) in [7, 11) is 0. The molecule has 0 N–H and O–H groups in total. The van der Waals surface area contributed by atoms with E-state index < -0.39 is 0 Å². The van der Waals surface area contributed by atoms with E-state index in [2.05, 4.69) is 6.08 Å². The van der Waals surface area contributed by atoms with Crippen molar-refractivity contribution in [2.75, 3.05) is 0 Å². The van der Waals surface area contributed by atoms with Crippen LogP contribution in [0.1, 0.15) is 39.9 Å². The van der Waals surface area contributed by atoms with Crippen LogP contribution in [-0.2, 0) is 0 Å². The van der Waals surface area contributed by atoms with Crippen molar-refractivity contribution in [2.45, 2.75) is 38.5 Å². The topological polar surface area (TPSA) is 0 Å². The van der Waals surface area contributed by atoms with Crippen molar-refractivity contribution >= 4 is 0 Å². The summed E-state index contributed by atoms with van der Waals surface area (Å²) < 4.78 is 7.42. The predicted molar refractivity (Wildman–Crippen MR) is 36.8 cm³/mol. The van der Waals surface area contributed by atoms with Gasteiger partial charge in [-0.25, -0.2) is 0 Å². The van der Waals surface area contributed by atoms with Crippen LogP contribution in [0.25, 0.3) is 0 Å². The van der Waals surface area contributed by atoms with E-state index in [4.69, 9.17) is 1.37 Å². The van der Waals surface area contributed by atoms with Gasteiger partial charge < -0.3 is 0 Å². The first-order valence-electron chi connectivity index (χ1n) is 4.06. The van der Waals surface area contributed by atoms with Crippen molar-refractivity contribution in [3.63, 3.8) is 0 Å². The summed E-state index contributed by atoms with van der Waals surface area (Å²) >= 11 is 0. The summed E-state index contributed by atoms with van der Waals surface area (Å²) in [5.74, 6) is 0. The number of hydrogen-bond donors (Lipinski definition) is 0. The molecule has 1 atom stereocenters. The smallest absolute Gasteiger partial charge is 0.0310 e. The summed E-state index contributed by atoms with van der Waals surface area (Å²) in [6, 6.07) is 0. The highest BCUT2D eigenvalue weighted by Crippen LogP contribution is 2.09. The monoisotopic (exact) mass is 111 g/mol. The number of hydrogen-bond acceptors (Lipinski definition) is 0. The minimum Gasteiger partial charge on any atom is -0.0885 e. The van der Waals surface area contributed by atoms with E-state index >= 15 is 0 Å². The van der Waals surface area contributed by atoms with E-state index in [0.717, 1.165) is 6.42 Å². The standard InChI is InChI=1S/C8H14/c1-2-4-6-8-7-5-3-1/h1-2H,3-8H2/b2-1-/i3D. The Kier molecular flexibility index (Phi) is 2.13. The zero-order valence-electron chi connectivity index (χ0n) is 6.27. The lowest BCUT2D eigenvalue weighted by Gasteiger charge is -2.00. The van der Waals surface area contributed by atoms with E-state index in [1.54, 1.807) is 0 Å². The summed E-state index contributed by atoms with van der Waals surface area (Å²) in [6.07, 6.45) is 10.4. The van der Waals surface area contributed by atoms with Crippen molar-refractivity contribution in [1.82, 2.24) is 0 Å². The molecule has 1 aliphatic rings. The Bertz CT molecular complexity index is 96.7. The predicted octanol–water partition coefficient (Wildman–Crippen LogP) is 2.90. The molecule has 8 heavy (non-hydrogen) atoms. The van der Waals surface area contributed by atoms with Crippen LogP contribution < -0.4 is 0 Å². The number of allylic oxidation sites excluding steroid dienone is 2. The average Bonchev–Trinajstić information content (AvgIpc) is 1.79. The van der Waals surface area contributed by atoms with Gasteiger partial charge in [0.15, 0.2) is 0 Å². The second kappa shape index (κ2) is 3.71. The Balaban J connectivity index is 2.30. The van der Waals surface area contributed by atoms with Crippen LogP contribution in [0.5, 0.6) is 0 Å². The first kappa shape index (κ1) is 4.60. The third-order valence-electron chi connectivity index (χ3n) is 1.51. The van der Waals surface area contributed by atoms with Gasteiger partial charge in [0.25, 0.3) is 0 Å². The van der Waals surface area contributed by atoms with Crippen molar-refractivity contribution in [3.8, 4) is 0 Å². The largest absolute Gasteiger partial charge is 0.0885 e. The van der Waals surface area contributed by atoms with Crippen molar-refractivity contribution in [2.24, 2.45) is 0 Å². The first-order chi connectivity index (χ1) is 4.39. The lowest BCUT2D eigenvalue weighted by atomic mass is 10.1. The van der Waals surface area contributed by atoms with Crippen LogP contribution in [0, 0.1) is 0 Å². The molecule has 0 aliphatic heterocycles. The Morgan fingerprint density at radius 1 is 1.00 bits per heavy atom.